The highest BCUT2D eigenvalue weighted by Crippen LogP contribution is 2.30. The molecule has 0 fully saturated rings. The van der Waals surface area contributed by atoms with E-state index in [1.54, 1.807) is 0 Å². The summed E-state index contributed by atoms with van der Waals surface area (Å²) in [5.74, 6) is 0. The Hall–Kier alpha value is -2.06. The molecule has 0 aliphatic heterocycles. The van der Waals surface area contributed by atoms with Crippen molar-refractivity contribution in [2.24, 2.45) is 0 Å². The lowest BCUT2D eigenvalue weighted by Crippen LogP contribution is -1.99. The molecule has 3 aromatic rings. The Bertz CT molecular complexity index is 745. The van der Waals surface area contributed by atoms with Crippen molar-refractivity contribution in [1.29, 1.82) is 0 Å². The zero-order valence-corrected chi connectivity index (χ0v) is 12.2. The molecule has 0 atom stereocenters. The molecule has 20 heavy (non-hydrogen) atoms. The standard InChI is InChI=1S/C17H15ClN2/c1-12-8-6-7-11-15(12)20-17(18)13(2)16(19-20)14-9-4-3-5-10-14/h3-11H,1-2H3. The molecular weight excluding hydrogens is 268 g/mol. The van der Waals surface area contributed by atoms with Gasteiger partial charge in [-0.1, -0.05) is 60.1 Å². The zero-order chi connectivity index (χ0) is 14.1. The SMILES string of the molecule is Cc1ccccc1-n1nc(-c2ccccc2)c(C)c1Cl. The van der Waals surface area contributed by atoms with Gasteiger partial charge in [0, 0.05) is 11.1 Å². The Kier molecular flexibility index (Phi) is 3.33. The Morgan fingerprint density at radius 3 is 2.25 bits per heavy atom. The fourth-order valence-electron chi connectivity index (χ4n) is 2.31. The van der Waals surface area contributed by atoms with Gasteiger partial charge < -0.3 is 0 Å². The number of rotatable bonds is 2. The summed E-state index contributed by atoms with van der Waals surface area (Å²) in [6.07, 6.45) is 0. The highest BCUT2D eigenvalue weighted by atomic mass is 35.5. The maximum absolute atomic E-state index is 6.47. The number of aryl methyl sites for hydroxylation is 1. The fraction of sp³-hybridized carbons (Fsp3) is 0.118. The van der Waals surface area contributed by atoms with E-state index in [2.05, 4.69) is 13.0 Å². The Balaban J connectivity index is 2.19. The van der Waals surface area contributed by atoms with Crippen LogP contribution in [0.5, 0.6) is 0 Å². The molecule has 100 valence electrons. The molecule has 2 nitrogen and oxygen atoms in total. The monoisotopic (exact) mass is 282 g/mol. The Morgan fingerprint density at radius 1 is 0.900 bits per heavy atom. The zero-order valence-electron chi connectivity index (χ0n) is 11.5. The summed E-state index contributed by atoms with van der Waals surface area (Å²) in [4.78, 5) is 0. The summed E-state index contributed by atoms with van der Waals surface area (Å²) < 4.78 is 1.81. The minimum absolute atomic E-state index is 0.665. The van der Waals surface area contributed by atoms with Crippen molar-refractivity contribution < 1.29 is 0 Å². The van der Waals surface area contributed by atoms with E-state index in [-0.39, 0.29) is 0 Å². The molecule has 0 radical (unpaired) electrons. The van der Waals surface area contributed by atoms with Gasteiger partial charge in [0.05, 0.1) is 11.4 Å². The van der Waals surface area contributed by atoms with Crippen LogP contribution in [0.1, 0.15) is 11.1 Å². The van der Waals surface area contributed by atoms with Gasteiger partial charge in [-0.25, -0.2) is 4.68 Å². The first kappa shape index (κ1) is 12.9. The van der Waals surface area contributed by atoms with Crippen LogP contribution in [0, 0.1) is 13.8 Å². The summed E-state index contributed by atoms with van der Waals surface area (Å²) in [6.45, 7) is 4.07. The Labute approximate surface area is 123 Å². The number of hydrogen-bond acceptors (Lipinski definition) is 1. The van der Waals surface area contributed by atoms with Gasteiger partial charge in [0.25, 0.3) is 0 Å². The summed E-state index contributed by atoms with van der Waals surface area (Å²) in [7, 11) is 0. The van der Waals surface area contributed by atoms with Gasteiger partial charge in [-0.05, 0) is 25.5 Å². The van der Waals surface area contributed by atoms with Gasteiger partial charge in [0.2, 0.25) is 0 Å². The minimum Gasteiger partial charge on any atom is -0.221 e. The van der Waals surface area contributed by atoms with Crippen LogP contribution < -0.4 is 0 Å². The van der Waals surface area contributed by atoms with Crippen molar-refractivity contribution in [3.8, 4) is 16.9 Å². The van der Waals surface area contributed by atoms with Crippen LogP contribution in [0.3, 0.4) is 0 Å². The first-order chi connectivity index (χ1) is 9.68. The summed E-state index contributed by atoms with van der Waals surface area (Å²) in [5.41, 5.74) is 5.18. The van der Waals surface area contributed by atoms with Gasteiger partial charge in [-0.3, -0.25) is 0 Å². The predicted molar refractivity (Wildman–Crippen MR) is 83.5 cm³/mol. The van der Waals surface area contributed by atoms with E-state index in [1.807, 2.05) is 60.1 Å². The third-order valence-corrected chi connectivity index (χ3v) is 3.89. The third-order valence-electron chi connectivity index (χ3n) is 3.44. The number of nitrogens with zero attached hydrogens (tertiary/aromatic N) is 2. The molecular formula is C17H15ClN2. The van der Waals surface area contributed by atoms with Crippen molar-refractivity contribution >= 4 is 11.6 Å². The molecule has 0 aliphatic carbocycles. The largest absolute Gasteiger partial charge is 0.221 e. The lowest BCUT2D eigenvalue weighted by molar-refractivity contribution is 0.877. The Morgan fingerprint density at radius 2 is 1.55 bits per heavy atom. The highest BCUT2D eigenvalue weighted by Gasteiger charge is 2.15. The molecule has 0 amide bonds. The number of para-hydroxylation sites is 1. The maximum Gasteiger partial charge on any atom is 0.136 e. The van der Waals surface area contributed by atoms with Crippen LogP contribution >= 0.6 is 11.6 Å². The average Bonchev–Trinajstić information content (AvgIpc) is 2.77. The number of aromatic nitrogens is 2. The lowest BCUT2D eigenvalue weighted by atomic mass is 10.1. The van der Waals surface area contributed by atoms with Crippen molar-refractivity contribution in [3.63, 3.8) is 0 Å². The van der Waals surface area contributed by atoms with E-state index >= 15 is 0 Å². The molecule has 1 aromatic heterocycles. The first-order valence-corrected chi connectivity index (χ1v) is 6.93. The average molecular weight is 283 g/mol. The number of benzene rings is 2. The van der Waals surface area contributed by atoms with Gasteiger partial charge in [0.15, 0.2) is 0 Å². The van der Waals surface area contributed by atoms with E-state index in [9.17, 15) is 0 Å². The van der Waals surface area contributed by atoms with Crippen LogP contribution in [0.25, 0.3) is 16.9 Å². The van der Waals surface area contributed by atoms with Crippen LogP contribution in [0.4, 0.5) is 0 Å². The molecule has 0 saturated heterocycles. The van der Waals surface area contributed by atoms with Crippen LogP contribution in [0.15, 0.2) is 54.6 Å². The normalized spacial score (nSPS) is 10.8. The smallest absolute Gasteiger partial charge is 0.136 e. The second kappa shape index (κ2) is 5.14. The van der Waals surface area contributed by atoms with Gasteiger partial charge in [-0.2, -0.15) is 5.10 Å². The van der Waals surface area contributed by atoms with E-state index < -0.39 is 0 Å². The molecule has 0 unspecified atom stereocenters. The van der Waals surface area contributed by atoms with E-state index in [0.29, 0.717) is 5.15 Å². The van der Waals surface area contributed by atoms with Crippen LogP contribution in [-0.4, -0.2) is 9.78 Å². The van der Waals surface area contributed by atoms with Crippen molar-refractivity contribution in [1.82, 2.24) is 9.78 Å². The van der Waals surface area contributed by atoms with Crippen molar-refractivity contribution in [2.75, 3.05) is 0 Å². The molecule has 0 N–H and O–H groups in total. The van der Waals surface area contributed by atoms with Gasteiger partial charge >= 0.3 is 0 Å². The topological polar surface area (TPSA) is 17.8 Å². The molecule has 0 bridgehead atoms. The molecule has 0 saturated carbocycles. The van der Waals surface area contributed by atoms with Gasteiger partial charge in [-0.15, -0.1) is 0 Å². The molecule has 1 heterocycles. The minimum atomic E-state index is 0.665. The van der Waals surface area contributed by atoms with E-state index in [0.717, 1.165) is 28.1 Å². The quantitative estimate of drug-likeness (QED) is 0.659. The van der Waals surface area contributed by atoms with Crippen molar-refractivity contribution in [3.05, 3.63) is 70.9 Å². The van der Waals surface area contributed by atoms with Crippen LogP contribution in [-0.2, 0) is 0 Å². The number of halogens is 1. The van der Waals surface area contributed by atoms with Crippen molar-refractivity contribution in [2.45, 2.75) is 13.8 Å². The second-order valence-corrected chi connectivity index (χ2v) is 5.19. The van der Waals surface area contributed by atoms with Gasteiger partial charge in [0.1, 0.15) is 5.15 Å². The van der Waals surface area contributed by atoms with E-state index in [1.165, 1.54) is 0 Å². The van der Waals surface area contributed by atoms with Crippen LogP contribution in [0.2, 0.25) is 5.15 Å². The predicted octanol–water partition coefficient (Wildman–Crippen LogP) is 4.81. The second-order valence-electron chi connectivity index (χ2n) is 4.83. The molecule has 2 aromatic carbocycles. The molecule has 3 rings (SSSR count). The lowest BCUT2D eigenvalue weighted by Gasteiger charge is -2.06. The fourth-order valence-corrected chi connectivity index (χ4v) is 2.52. The van der Waals surface area contributed by atoms with E-state index in [4.69, 9.17) is 16.7 Å². The highest BCUT2D eigenvalue weighted by molar-refractivity contribution is 6.31. The third kappa shape index (κ3) is 2.12. The maximum atomic E-state index is 6.47. The molecule has 0 spiro atoms. The molecule has 0 aliphatic rings. The summed E-state index contributed by atoms with van der Waals surface area (Å²) in [5, 5.41) is 5.36. The number of hydrogen-bond donors (Lipinski definition) is 0. The summed E-state index contributed by atoms with van der Waals surface area (Å²) in [6, 6.07) is 18.2. The molecule has 3 heteroatoms. The first-order valence-electron chi connectivity index (χ1n) is 6.55. The summed E-state index contributed by atoms with van der Waals surface area (Å²) >= 11 is 6.47.